The summed E-state index contributed by atoms with van der Waals surface area (Å²) in [6.45, 7) is 0.618. The minimum absolute atomic E-state index is 0.0396. The number of benzene rings is 2. The number of morpholine rings is 1. The molecule has 3 rings (SSSR count). The monoisotopic (exact) mass is 327 g/mol. The van der Waals surface area contributed by atoms with Crippen LogP contribution >= 0.6 is 0 Å². The van der Waals surface area contributed by atoms with Crippen molar-refractivity contribution in [2.24, 2.45) is 0 Å². The van der Waals surface area contributed by atoms with E-state index in [1.54, 1.807) is 24.3 Å². The van der Waals surface area contributed by atoms with E-state index < -0.39 is 12.1 Å². The zero-order valence-electron chi connectivity index (χ0n) is 12.9. The number of hydrogen-bond donors (Lipinski definition) is 1. The first-order valence-corrected chi connectivity index (χ1v) is 7.60. The zero-order valence-corrected chi connectivity index (χ0v) is 12.9. The molecule has 0 bridgehead atoms. The van der Waals surface area contributed by atoms with Gasteiger partial charge < -0.3 is 19.5 Å². The van der Waals surface area contributed by atoms with Crippen LogP contribution in [-0.2, 0) is 9.53 Å². The van der Waals surface area contributed by atoms with Crippen molar-refractivity contribution >= 4 is 11.9 Å². The van der Waals surface area contributed by atoms with Gasteiger partial charge in [-0.2, -0.15) is 0 Å². The number of carbonyl (C=O) groups excluding carboxylic acids is 1. The fourth-order valence-corrected chi connectivity index (χ4v) is 2.48. The number of carbonyl (C=O) groups is 2. The Hall–Kier alpha value is -2.86. The third-order valence-corrected chi connectivity index (χ3v) is 3.69. The molecule has 1 heterocycles. The van der Waals surface area contributed by atoms with E-state index in [2.05, 4.69) is 0 Å². The van der Waals surface area contributed by atoms with Crippen LogP contribution in [0.1, 0.15) is 10.4 Å². The van der Waals surface area contributed by atoms with Gasteiger partial charge in [-0.1, -0.05) is 24.3 Å². The van der Waals surface area contributed by atoms with Crippen LogP contribution in [0.3, 0.4) is 0 Å². The summed E-state index contributed by atoms with van der Waals surface area (Å²) in [7, 11) is 0. The minimum Gasteiger partial charge on any atom is -0.479 e. The second kappa shape index (κ2) is 7.14. The molecule has 0 radical (unpaired) electrons. The lowest BCUT2D eigenvalue weighted by Gasteiger charge is -2.31. The summed E-state index contributed by atoms with van der Waals surface area (Å²) in [4.78, 5) is 25.1. The van der Waals surface area contributed by atoms with Gasteiger partial charge in [-0.05, 0) is 30.3 Å². The summed E-state index contributed by atoms with van der Waals surface area (Å²) >= 11 is 0. The maximum Gasteiger partial charge on any atom is 0.334 e. The van der Waals surface area contributed by atoms with Crippen molar-refractivity contribution in [2.45, 2.75) is 6.10 Å². The van der Waals surface area contributed by atoms with Crippen LogP contribution in [0.2, 0.25) is 0 Å². The summed E-state index contributed by atoms with van der Waals surface area (Å²) in [5.74, 6) is -0.0637. The number of nitrogens with zero attached hydrogens (tertiary/aromatic N) is 1. The number of carboxylic acid groups (broad SMARTS) is 1. The molecular weight excluding hydrogens is 310 g/mol. The number of rotatable bonds is 4. The van der Waals surface area contributed by atoms with E-state index in [1.807, 2.05) is 30.3 Å². The number of para-hydroxylation sites is 1. The van der Waals surface area contributed by atoms with Gasteiger partial charge in [0.1, 0.15) is 11.5 Å². The van der Waals surface area contributed by atoms with Gasteiger partial charge in [0.25, 0.3) is 5.91 Å². The van der Waals surface area contributed by atoms with Crippen molar-refractivity contribution in [3.8, 4) is 11.5 Å². The van der Waals surface area contributed by atoms with Crippen molar-refractivity contribution in [1.29, 1.82) is 0 Å². The van der Waals surface area contributed by atoms with Crippen molar-refractivity contribution in [3.05, 3.63) is 60.2 Å². The van der Waals surface area contributed by atoms with E-state index in [4.69, 9.17) is 14.6 Å². The second-order valence-corrected chi connectivity index (χ2v) is 5.39. The fraction of sp³-hybridized carbons (Fsp3) is 0.222. The first-order valence-electron chi connectivity index (χ1n) is 7.60. The van der Waals surface area contributed by atoms with E-state index in [0.29, 0.717) is 23.6 Å². The summed E-state index contributed by atoms with van der Waals surface area (Å²) in [6, 6.07) is 16.1. The van der Waals surface area contributed by atoms with Crippen molar-refractivity contribution < 1.29 is 24.2 Å². The average Bonchev–Trinajstić information content (AvgIpc) is 2.62. The molecule has 1 aliphatic rings. The molecule has 0 spiro atoms. The summed E-state index contributed by atoms with van der Waals surface area (Å²) in [5.41, 5.74) is 0.453. The SMILES string of the molecule is O=C(O)[C@H]1CN(C(=O)c2cccc(Oc3ccccc3)c2)CCO1. The van der Waals surface area contributed by atoms with Crippen LogP contribution in [-0.4, -0.2) is 47.7 Å². The van der Waals surface area contributed by atoms with Crippen LogP contribution in [0.4, 0.5) is 0 Å². The smallest absolute Gasteiger partial charge is 0.334 e. The normalized spacial score (nSPS) is 17.3. The quantitative estimate of drug-likeness (QED) is 0.933. The molecule has 1 amide bonds. The lowest BCUT2D eigenvalue weighted by Crippen LogP contribution is -2.48. The molecule has 0 unspecified atom stereocenters. The molecule has 0 aliphatic carbocycles. The first-order chi connectivity index (χ1) is 11.6. The van der Waals surface area contributed by atoms with E-state index in [9.17, 15) is 9.59 Å². The molecule has 2 aromatic rings. The minimum atomic E-state index is -1.06. The Morgan fingerprint density at radius 2 is 1.83 bits per heavy atom. The van der Waals surface area contributed by atoms with Crippen molar-refractivity contribution in [1.82, 2.24) is 4.90 Å². The molecule has 1 N–H and O–H groups in total. The molecule has 6 heteroatoms. The summed E-state index contributed by atoms with van der Waals surface area (Å²) < 4.78 is 10.9. The predicted molar refractivity (Wildman–Crippen MR) is 86.2 cm³/mol. The second-order valence-electron chi connectivity index (χ2n) is 5.39. The Morgan fingerprint density at radius 1 is 1.08 bits per heavy atom. The highest BCUT2D eigenvalue weighted by Crippen LogP contribution is 2.22. The number of hydrogen-bond acceptors (Lipinski definition) is 4. The standard InChI is InChI=1S/C18H17NO5/c20-17(19-9-10-23-16(12-19)18(21)22)13-5-4-8-15(11-13)24-14-6-2-1-3-7-14/h1-8,11,16H,9-10,12H2,(H,21,22)/t16-/m1/s1. The fourth-order valence-electron chi connectivity index (χ4n) is 2.48. The number of amides is 1. The lowest BCUT2D eigenvalue weighted by molar-refractivity contribution is -0.154. The van der Waals surface area contributed by atoms with Gasteiger partial charge in [0.05, 0.1) is 13.2 Å². The molecule has 1 aliphatic heterocycles. The first kappa shape index (κ1) is 16.0. The number of aliphatic carboxylic acids is 1. The average molecular weight is 327 g/mol. The highest BCUT2D eigenvalue weighted by molar-refractivity contribution is 5.95. The molecule has 6 nitrogen and oxygen atoms in total. The molecule has 1 atom stereocenters. The summed E-state index contributed by atoms with van der Waals surface area (Å²) in [5, 5.41) is 9.03. The van der Waals surface area contributed by atoms with Gasteiger partial charge in [-0.25, -0.2) is 4.79 Å². The molecule has 24 heavy (non-hydrogen) atoms. The van der Waals surface area contributed by atoms with Gasteiger partial charge in [-0.15, -0.1) is 0 Å². The molecule has 1 saturated heterocycles. The third-order valence-electron chi connectivity index (χ3n) is 3.69. The largest absolute Gasteiger partial charge is 0.479 e. The van der Waals surface area contributed by atoms with Crippen LogP contribution in [0.15, 0.2) is 54.6 Å². The maximum absolute atomic E-state index is 12.6. The molecule has 0 saturated carbocycles. The van der Waals surface area contributed by atoms with Crippen molar-refractivity contribution in [2.75, 3.05) is 19.7 Å². The topological polar surface area (TPSA) is 76.1 Å². The van der Waals surface area contributed by atoms with Gasteiger partial charge in [0, 0.05) is 12.1 Å². The van der Waals surface area contributed by atoms with Crippen molar-refractivity contribution in [3.63, 3.8) is 0 Å². The Kier molecular flexibility index (Phi) is 4.77. The maximum atomic E-state index is 12.6. The molecular formula is C18H17NO5. The van der Waals surface area contributed by atoms with Gasteiger partial charge in [0.15, 0.2) is 6.10 Å². The molecule has 2 aromatic carbocycles. The predicted octanol–water partition coefficient (Wildman–Crippen LogP) is 2.40. The lowest BCUT2D eigenvalue weighted by atomic mass is 10.1. The third kappa shape index (κ3) is 3.72. The van der Waals surface area contributed by atoms with Crippen LogP contribution in [0, 0.1) is 0 Å². The van der Waals surface area contributed by atoms with Crippen LogP contribution in [0.25, 0.3) is 0 Å². The Balaban J connectivity index is 1.73. The molecule has 124 valence electrons. The van der Waals surface area contributed by atoms with E-state index in [0.717, 1.165) is 0 Å². The Bertz CT molecular complexity index is 731. The van der Waals surface area contributed by atoms with E-state index in [1.165, 1.54) is 4.90 Å². The molecule has 0 aromatic heterocycles. The number of ether oxygens (including phenoxy) is 2. The van der Waals surface area contributed by atoms with E-state index >= 15 is 0 Å². The van der Waals surface area contributed by atoms with Gasteiger partial charge in [-0.3, -0.25) is 4.79 Å². The van der Waals surface area contributed by atoms with Gasteiger partial charge >= 0.3 is 5.97 Å². The van der Waals surface area contributed by atoms with Crippen LogP contribution < -0.4 is 4.74 Å². The Labute approximate surface area is 139 Å². The summed E-state index contributed by atoms with van der Waals surface area (Å²) in [6.07, 6.45) is -0.980. The molecule has 1 fully saturated rings. The number of carboxylic acids is 1. The highest BCUT2D eigenvalue weighted by atomic mass is 16.5. The van der Waals surface area contributed by atoms with Crippen LogP contribution in [0.5, 0.6) is 11.5 Å². The van der Waals surface area contributed by atoms with Gasteiger partial charge in [0.2, 0.25) is 0 Å². The highest BCUT2D eigenvalue weighted by Gasteiger charge is 2.29. The van der Waals surface area contributed by atoms with E-state index in [-0.39, 0.29) is 19.1 Å². The Morgan fingerprint density at radius 3 is 2.58 bits per heavy atom. The zero-order chi connectivity index (χ0) is 16.9.